The zero-order chi connectivity index (χ0) is 18.8. The lowest BCUT2D eigenvalue weighted by Crippen LogP contribution is -2.13. The Balaban J connectivity index is 1.98. The topological polar surface area (TPSA) is 49.3 Å². The van der Waals surface area contributed by atoms with E-state index >= 15 is 0 Å². The summed E-state index contributed by atoms with van der Waals surface area (Å²) in [7, 11) is 1.96. The first kappa shape index (κ1) is 18.6. The highest BCUT2D eigenvalue weighted by Gasteiger charge is 2.20. The van der Waals surface area contributed by atoms with Crippen LogP contribution in [0.4, 0.5) is 5.00 Å². The molecule has 3 rings (SSSR count). The van der Waals surface area contributed by atoms with Crippen LogP contribution >= 0.6 is 34.5 Å². The molecule has 130 valence electrons. The summed E-state index contributed by atoms with van der Waals surface area (Å²) in [5.41, 5.74) is 3.43. The van der Waals surface area contributed by atoms with Gasteiger partial charge in [0, 0.05) is 32.1 Å². The molecule has 2 N–H and O–H groups in total. The quantitative estimate of drug-likeness (QED) is 0.489. The molecule has 3 nitrogen and oxygen atoms in total. The minimum Gasteiger partial charge on any atom is -0.508 e. The van der Waals surface area contributed by atoms with E-state index in [1.54, 1.807) is 30.3 Å². The van der Waals surface area contributed by atoms with Crippen molar-refractivity contribution in [3.05, 3.63) is 75.6 Å². The Morgan fingerprint density at radius 2 is 1.81 bits per heavy atom. The second-order valence-electron chi connectivity index (χ2n) is 5.74. The van der Waals surface area contributed by atoms with E-state index in [1.165, 1.54) is 11.3 Å². The molecule has 0 atom stereocenters. The van der Waals surface area contributed by atoms with Crippen LogP contribution < -0.4 is 10.8 Å². The number of carbonyl (C=O) groups is 1. The van der Waals surface area contributed by atoms with Crippen molar-refractivity contribution in [2.45, 2.75) is 0 Å². The van der Waals surface area contributed by atoms with Crippen LogP contribution in [0, 0.1) is 0 Å². The van der Waals surface area contributed by atoms with Crippen LogP contribution in [-0.4, -0.2) is 18.9 Å². The molecule has 0 aliphatic heterocycles. The van der Waals surface area contributed by atoms with Crippen molar-refractivity contribution >= 4 is 64.5 Å². The van der Waals surface area contributed by atoms with Gasteiger partial charge in [0.1, 0.15) is 18.6 Å². The third kappa shape index (κ3) is 3.80. The molecule has 0 fully saturated rings. The van der Waals surface area contributed by atoms with Gasteiger partial charge in [-0.05, 0) is 12.1 Å². The van der Waals surface area contributed by atoms with Gasteiger partial charge in [0.2, 0.25) is 0 Å². The summed E-state index contributed by atoms with van der Waals surface area (Å²) in [6, 6.07) is 12.4. The maximum absolute atomic E-state index is 12.5. The Morgan fingerprint density at radius 3 is 2.42 bits per heavy atom. The van der Waals surface area contributed by atoms with E-state index in [4.69, 9.17) is 23.2 Å². The smallest absolute Gasteiger partial charge is 0.256 e. The predicted molar refractivity (Wildman–Crippen MR) is 114 cm³/mol. The van der Waals surface area contributed by atoms with Crippen LogP contribution in [-0.2, 0) is 0 Å². The van der Waals surface area contributed by atoms with Crippen LogP contribution in [0.5, 0.6) is 0 Å². The monoisotopic (exact) mass is 401 g/mol. The number of anilines is 1. The Hall–Kier alpha value is -2.21. The van der Waals surface area contributed by atoms with E-state index in [2.05, 4.69) is 11.9 Å². The number of carbonyl (C=O) groups excluding carboxylic acids is 1. The van der Waals surface area contributed by atoms with Gasteiger partial charge in [0.25, 0.3) is 5.91 Å². The minimum absolute atomic E-state index is 0.147. The molecule has 1 aromatic heterocycles. The summed E-state index contributed by atoms with van der Waals surface area (Å²) in [6.07, 6.45) is 0. The van der Waals surface area contributed by atoms with Crippen molar-refractivity contribution < 1.29 is 9.90 Å². The van der Waals surface area contributed by atoms with E-state index in [1.807, 2.05) is 25.4 Å². The van der Waals surface area contributed by atoms with Gasteiger partial charge in [0.05, 0.1) is 5.56 Å². The molecular weight excluding hydrogens is 388 g/mol. The second kappa shape index (κ2) is 7.58. The van der Waals surface area contributed by atoms with Crippen LogP contribution in [0.3, 0.4) is 0 Å². The van der Waals surface area contributed by atoms with Gasteiger partial charge in [-0.2, -0.15) is 0 Å². The van der Waals surface area contributed by atoms with Gasteiger partial charge in [-0.1, -0.05) is 65.6 Å². The van der Waals surface area contributed by atoms with Crippen molar-refractivity contribution in [2.24, 2.45) is 0 Å². The predicted octanol–water partition coefficient (Wildman–Crippen LogP) is 4.76. The lowest BCUT2D eigenvalue weighted by Gasteiger charge is -2.09. The van der Waals surface area contributed by atoms with Gasteiger partial charge in [0.15, 0.2) is 0 Å². The molecule has 1 heterocycles. The second-order valence-corrected chi connectivity index (χ2v) is 7.47. The molecule has 0 unspecified atom stereocenters. The third-order valence-electron chi connectivity index (χ3n) is 3.84. The summed E-state index contributed by atoms with van der Waals surface area (Å²) in [5.74, 6) is -0.408. The number of rotatable bonds is 4. The lowest BCUT2D eigenvalue weighted by atomic mass is 9.95. The number of thiophene rings is 1. The van der Waals surface area contributed by atoms with Gasteiger partial charge < -0.3 is 10.4 Å². The first-order valence-electron chi connectivity index (χ1n) is 7.70. The highest BCUT2D eigenvalue weighted by molar-refractivity contribution is 7.15. The molecule has 0 spiro atoms. The summed E-state index contributed by atoms with van der Waals surface area (Å²) < 4.78 is 0. The summed E-state index contributed by atoms with van der Waals surface area (Å²) >= 11 is 13.5. The molecule has 0 bridgehead atoms. The van der Waals surface area contributed by atoms with Crippen molar-refractivity contribution in [1.82, 2.24) is 0 Å². The fourth-order valence-corrected chi connectivity index (χ4v) is 4.01. The van der Waals surface area contributed by atoms with Crippen molar-refractivity contribution in [3.8, 4) is 11.1 Å². The molecule has 0 aliphatic rings. The van der Waals surface area contributed by atoms with Crippen molar-refractivity contribution in [3.63, 3.8) is 0 Å². The van der Waals surface area contributed by atoms with E-state index in [0.717, 1.165) is 5.46 Å². The normalized spacial score (nSPS) is 10.5. The molecule has 0 saturated carbocycles. The van der Waals surface area contributed by atoms with Crippen LogP contribution in [0.25, 0.3) is 16.9 Å². The SMILES string of the molecule is Bc1ccc(C(=O)Nc2scc(-c3ccc(Cl)cc3Cl)c2C(=C)O)cc1. The number of amides is 1. The minimum atomic E-state index is -0.261. The molecule has 7 heteroatoms. The zero-order valence-corrected chi connectivity index (χ0v) is 16.2. The number of aliphatic hydroxyl groups excluding tert-OH is 1. The molecule has 2 aromatic carbocycles. The van der Waals surface area contributed by atoms with Crippen molar-refractivity contribution in [1.29, 1.82) is 0 Å². The first-order chi connectivity index (χ1) is 12.4. The molecular formula is C19H14BCl2NO2S. The largest absolute Gasteiger partial charge is 0.508 e. The first-order valence-corrected chi connectivity index (χ1v) is 9.33. The van der Waals surface area contributed by atoms with Gasteiger partial charge in [-0.3, -0.25) is 4.79 Å². The Bertz CT molecular complexity index is 999. The maximum atomic E-state index is 12.5. The van der Waals surface area contributed by atoms with Gasteiger partial charge in [-0.25, -0.2) is 0 Å². The molecule has 26 heavy (non-hydrogen) atoms. The van der Waals surface area contributed by atoms with Crippen LogP contribution in [0.15, 0.2) is 54.4 Å². The highest BCUT2D eigenvalue weighted by atomic mass is 35.5. The van der Waals surface area contributed by atoms with E-state index in [0.29, 0.717) is 37.3 Å². The fraction of sp³-hybridized carbons (Fsp3) is 0. The highest BCUT2D eigenvalue weighted by Crippen LogP contribution is 2.42. The van der Waals surface area contributed by atoms with E-state index in [-0.39, 0.29) is 11.7 Å². The molecule has 3 aromatic rings. The number of benzene rings is 2. The van der Waals surface area contributed by atoms with Crippen LogP contribution in [0.1, 0.15) is 15.9 Å². The maximum Gasteiger partial charge on any atom is 0.256 e. The van der Waals surface area contributed by atoms with Crippen LogP contribution in [0.2, 0.25) is 10.0 Å². The zero-order valence-electron chi connectivity index (χ0n) is 13.8. The number of nitrogens with one attached hydrogen (secondary N) is 1. The third-order valence-corrected chi connectivity index (χ3v) is 5.28. The molecule has 0 radical (unpaired) electrons. The summed E-state index contributed by atoms with van der Waals surface area (Å²) in [6.45, 7) is 3.63. The standard InChI is InChI=1S/C19H14BCl2NO2S/c1-10(24)17-15(14-7-6-13(21)8-16(14)22)9-26-19(17)23-18(25)11-2-4-12(20)5-3-11/h2-9,24H,1,20H2,(H,23,25). The molecule has 0 saturated heterocycles. The number of hydrogen-bond donors (Lipinski definition) is 2. The molecule has 0 aliphatic carbocycles. The average Bonchev–Trinajstić information content (AvgIpc) is 2.99. The molecule has 1 amide bonds. The summed E-state index contributed by atoms with van der Waals surface area (Å²) in [4.78, 5) is 12.5. The average molecular weight is 402 g/mol. The van der Waals surface area contributed by atoms with E-state index < -0.39 is 0 Å². The number of aliphatic hydroxyl groups is 1. The number of hydrogen-bond acceptors (Lipinski definition) is 3. The fourth-order valence-electron chi connectivity index (χ4n) is 2.52. The Labute approximate surface area is 166 Å². The Kier molecular flexibility index (Phi) is 5.42. The van der Waals surface area contributed by atoms with Crippen molar-refractivity contribution in [2.75, 3.05) is 5.32 Å². The van der Waals surface area contributed by atoms with E-state index in [9.17, 15) is 9.90 Å². The van der Waals surface area contributed by atoms with Gasteiger partial charge >= 0.3 is 0 Å². The summed E-state index contributed by atoms with van der Waals surface area (Å²) in [5, 5.41) is 16.2. The number of halogens is 2. The van der Waals surface area contributed by atoms with Gasteiger partial charge in [-0.15, -0.1) is 11.3 Å². The lowest BCUT2D eigenvalue weighted by molar-refractivity contribution is 0.102. The Morgan fingerprint density at radius 1 is 1.12 bits per heavy atom.